The summed E-state index contributed by atoms with van der Waals surface area (Å²) in [5, 5.41) is 5.48. The topological polar surface area (TPSA) is 9.23 Å². The Hall–Kier alpha value is -2.73. The maximum absolute atomic E-state index is 8.25. The fourth-order valence-corrected chi connectivity index (χ4v) is 15.6. The third-order valence-corrected chi connectivity index (χ3v) is 18.2. The highest BCUT2D eigenvalue weighted by Crippen LogP contribution is 2.37. The van der Waals surface area contributed by atoms with Crippen LogP contribution < -0.4 is 20.7 Å². The molecule has 0 saturated carbocycles. The molecular formula is C56H86OSi2. The molecule has 0 atom stereocenters. The van der Waals surface area contributed by atoms with Crippen molar-refractivity contribution in [1.82, 2.24) is 0 Å². The highest BCUT2D eigenvalue weighted by atomic mass is 28.4. The van der Waals surface area contributed by atoms with Crippen molar-refractivity contribution >= 4 is 38.8 Å². The van der Waals surface area contributed by atoms with Gasteiger partial charge in [0.25, 0.3) is 0 Å². The molecule has 0 N–H and O–H groups in total. The third-order valence-electron chi connectivity index (χ3n) is 12.1. The highest BCUT2D eigenvalue weighted by molar-refractivity contribution is 6.91. The number of rotatable bonds is 6. The summed E-state index contributed by atoms with van der Waals surface area (Å²) >= 11 is 0. The van der Waals surface area contributed by atoms with Gasteiger partial charge in [0.2, 0.25) is 18.1 Å². The van der Waals surface area contributed by atoms with E-state index in [0.717, 1.165) is 0 Å². The van der Waals surface area contributed by atoms with Crippen LogP contribution in [0.15, 0.2) is 72.8 Å². The Morgan fingerprint density at radius 1 is 0.237 bits per heavy atom. The molecule has 0 aliphatic heterocycles. The molecule has 0 heterocycles. The molecule has 4 rings (SSSR count). The van der Waals surface area contributed by atoms with Gasteiger partial charge >= 0.3 is 0 Å². The van der Waals surface area contributed by atoms with Gasteiger partial charge < -0.3 is 4.12 Å². The monoisotopic (exact) mass is 831 g/mol. The van der Waals surface area contributed by atoms with Gasteiger partial charge in [0.05, 0.1) is 0 Å². The molecule has 0 aliphatic carbocycles. The summed E-state index contributed by atoms with van der Waals surface area (Å²) in [5.41, 5.74) is 11.5. The Balaban J connectivity index is 2.20. The standard InChI is InChI=1S/C56H86OSi2/c1-49(2,3)41-29-25-37(33-45(41)53(13,14)15)58(38-26-30-42(50(4,5)6)46(34-38)54(16,17)18)57-59(39-27-31-43(51(7,8)9)47(35-39)55(19,20)21)40-28-32-44(52(10,11)12)48(36-40)56(22,23)24/h25-36,58-59H,1-24H3. The second-order valence-electron chi connectivity index (χ2n) is 26.1. The lowest BCUT2D eigenvalue weighted by Gasteiger charge is -2.35. The fourth-order valence-electron chi connectivity index (χ4n) is 8.83. The zero-order valence-electron chi connectivity index (χ0n) is 42.5. The van der Waals surface area contributed by atoms with Crippen molar-refractivity contribution in [3.63, 3.8) is 0 Å². The minimum atomic E-state index is -2.34. The van der Waals surface area contributed by atoms with E-state index in [1.54, 1.807) is 0 Å². The van der Waals surface area contributed by atoms with E-state index in [1.165, 1.54) is 65.3 Å². The average molecular weight is 831 g/mol. The van der Waals surface area contributed by atoms with Gasteiger partial charge in [-0.1, -0.05) is 239 Å². The zero-order valence-corrected chi connectivity index (χ0v) is 44.8. The predicted octanol–water partition coefficient (Wildman–Crippen LogP) is 12.5. The molecule has 3 heteroatoms. The van der Waals surface area contributed by atoms with E-state index in [0.29, 0.717) is 0 Å². The third kappa shape index (κ3) is 11.4. The first kappa shape index (κ1) is 48.9. The van der Waals surface area contributed by atoms with Crippen molar-refractivity contribution < 1.29 is 4.12 Å². The smallest absolute Gasteiger partial charge is 0.228 e. The second kappa shape index (κ2) is 16.2. The van der Waals surface area contributed by atoms with Gasteiger partial charge in [-0.15, -0.1) is 0 Å². The van der Waals surface area contributed by atoms with Crippen LogP contribution in [0, 0.1) is 0 Å². The first-order chi connectivity index (χ1) is 26.3. The van der Waals surface area contributed by atoms with Crippen LogP contribution in [-0.4, -0.2) is 18.1 Å². The van der Waals surface area contributed by atoms with Crippen LogP contribution in [0.4, 0.5) is 0 Å². The zero-order chi connectivity index (χ0) is 45.3. The van der Waals surface area contributed by atoms with Crippen molar-refractivity contribution in [1.29, 1.82) is 0 Å². The van der Waals surface area contributed by atoms with Gasteiger partial charge in [0.15, 0.2) is 0 Å². The van der Waals surface area contributed by atoms with E-state index >= 15 is 0 Å². The Bertz CT molecular complexity index is 1810. The molecule has 4 aromatic rings. The van der Waals surface area contributed by atoms with E-state index in [1.807, 2.05) is 0 Å². The quantitative estimate of drug-likeness (QED) is 0.176. The van der Waals surface area contributed by atoms with Gasteiger partial charge in [0.1, 0.15) is 0 Å². The summed E-state index contributed by atoms with van der Waals surface area (Å²) in [6.07, 6.45) is 0. The highest BCUT2D eigenvalue weighted by Gasteiger charge is 2.35. The molecule has 59 heavy (non-hydrogen) atoms. The summed E-state index contributed by atoms with van der Waals surface area (Å²) in [7, 11) is -4.68. The molecule has 0 bridgehead atoms. The van der Waals surface area contributed by atoms with Gasteiger partial charge in [-0.05, 0) is 109 Å². The molecule has 1 nitrogen and oxygen atoms in total. The Morgan fingerprint density at radius 2 is 0.390 bits per heavy atom. The summed E-state index contributed by atoms with van der Waals surface area (Å²) < 4.78 is 8.25. The lowest BCUT2D eigenvalue weighted by molar-refractivity contribution is 0.529. The van der Waals surface area contributed by atoms with Crippen molar-refractivity contribution in [2.45, 2.75) is 209 Å². The Morgan fingerprint density at radius 3 is 0.525 bits per heavy atom. The van der Waals surface area contributed by atoms with Crippen LogP contribution in [0.2, 0.25) is 0 Å². The van der Waals surface area contributed by atoms with Gasteiger partial charge in [-0.2, -0.15) is 0 Å². The normalized spacial score (nSPS) is 14.1. The van der Waals surface area contributed by atoms with Gasteiger partial charge in [0, 0.05) is 0 Å². The number of hydrogen-bond acceptors (Lipinski definition) is 1. The maximum Gasteiger partial charge on any atom is 0.228 e. The largest absolute Gasteiger partial charge is 0.446 e. The Kier molecular flexibility index (Phi) is 13.4. The SMILES string of the molecule is CC(C)(C)c1ccc([SiH](O[SiH](c2ccc(C(C)(C)C)c(C(C)(C)C)c2)c2ccc(C(C)(C)C)c(C(C)(C)C)c2)c2ccc(C(C)(C)C)c(C(C)(C)C)c2)cc1C(C)(C)C. The molecule has 0 radical (unpaired) electrons. The van der Waals surface area contributed by atoms with Gasteiger partial charge in [-0.3, -0.25) is 0 Å². The summed E-state index contributed by atoms with van der Waals surface area (Å²) in [5.74, 6) is 0. The molecule has 0 amide bonds. The maximum atomic E-state index is 8.25. The van der Waals surface area contributed by atoms with E-state index in [9.17, 15) is 0 Å². The van der Waals surface area contributed by atoms with Crippen LogP contribution in [0.25, 0.3) is 0 Å². The average Bonchev–Trinajstić information content (AvgIpc) is 3.04. The molecule has 0 unspecified atom stereocenters. The minimum absolute atomic E-state index is 0.0180. The summed E-state index contributed by atoms with van der Waals surface area (Å²) in [6, 6.07) is 29.8. The van der Waals surface area contributed by atoms with E-state index in [-0.39, 0.29) is 43.3 Å². The number of benzene rings is 4. The van der Waals surface area contributed by atoms with E-state index < -0.39 is 18.1 Å². The summed E-state index contributed by atoms with van der Waals surface area (Å²) in [6.45, 7) is 56.8. The molecular weight excluding hydrogens is 745 g/mol. The second-order valence-corrected chi connectivity index (χ2v) is 31.4. The van der Waals surface area contributed by atoms with Crippen LogP contribution in [0.3, 0.4) is 0 Å². The van der Waals surface area contributed by atoms with Crippen molar-refractivity contribution in [2.75, 3.05) is 0 Å². The number of hydrogen-bond donors (Lipinski definition) is 0. The van der Waals surface area contributed by atoms with Crippen LogP contribution >= 0.6 is 0 Å². The van der Waals surface area contributed by atoms with E-state index in [4.69, 9.17) is 4.12 Å². The first-order valence-corrected chi connectivity index (χ1v) is 25.8. The van der Waals surface area contributed by atoms with Crippen molar-refractivity contribution in [2.24, 2.45) is 0 Å². The summed E-state index contributed by atoms with van der Waals surface area (Å²) in [4.78, 5) is 0. The minimum Gasteiger partial charge on any atom is -0.446 e. The van der Waals surface area contributed by atoms with Gasteiger partial charge in [-0.25, -0.2) is 0 Å². The van der Waals surface area contributed by atoms with Crippen molar-refractivity contribution in [3.8, 4) is 0 Å². The molecule has 4 aromatic carbocycles. The molecule has 0 aromatic heterocycles. The van der Waals surface area contributed by atoms with Crippen molar-refractivity contribution in [3.05, 3.63) is 117 Å². The molecule has 0 aliphatic rings. The molecule has 324 valence electrons. The Labute approximate surface area is 368 Å². The molecule has 0 spiro atoms. The fraction of sp³-hybridized carbons (Fsp3) is 0.571. The lowest BCUT2D eigenvalue weighted by atomic mass is 9.75. The molecule has 0 fully saturated rings. The predicted molar refractivity (Wildman–Crippen MR) is 269 cm³/mol. The molecule has 0 saturated heterocycles. The van der Waals surface area contributed by atoms with Crippen LogP contribution in [0.5, 0.6) is 0 Å². The first-order valence-electron chi connectivity index (χ1n) is 22.6. The van der Waals surface area contributed by atoms with Crippen LogP contribution in [-0.2, 0) is 47.4 Å². The lowest BCUT2D eigenvalue weighted by Crippen LogP contribution is -2.56. The van der Waals surface area contributed by atoms with E-state index in [2.05, 4.69) is 239 Å². The van der Waals surface area contributed by atoms with Crippen LogP contribution in [0.1, 0.15) is 211 Å².